The number of hydrogen-bond donors (Lipinski definition) is 1. The molecule has 0 saturated carbocycles. The molecule has 0 radical (unpaired) electrons. The van der Waals surface area contributed by atoms with Crippen LogP contribution >= 0.6 is 23.2 Å². The number of carbonyl (C=O) groups excluding carboxylic acids is 1. The highest BCUT2D eigenvalue weighted by Gasteiger charge is 2.17. The average molecular weight is 454 g/mol. The lowest BCUT2D eigenvalue weighted by Gasteiger charge is -2.24. The maximum absolute atomic E-state index is 13.1. The number of nitrogens with one attached hydrogen (secondary N) is 1. The van der Waals surface area contributed by atoms with Crippen LogP contribution in [0.2, 0.25) is 10.0 Å². The summed E-state index contributed by atoms with van der Waals surface area (Å²) in [5.74, 6) is 0.705. The first-order valence-corrected chi connectivity index (χ1v) is 10.4. The summed E-state index contributed by atoms with van der Waals surface area (Å²) in [6.45, 7) is 0.766. The van der Waals surface area contributed by atoms with Crippen LogP contribution < -0.4 is 10.1 Å². The Kier molecular flexibility index (Phi) is 7.77. The maximum Gasteiger partial charge on any atom is 0.322 e. The Morgan fingerprint density at radius 1 is 1.06 bits per heavy atom. The summed E-state index contributed by atoms with van der Waals surface area (Å²) in [5, 5.41) is 13.1. The molecule has 0 spiro atoms. The number of carbonyl (C=O) groups is 1. The Morgan fingerprint density at radius 3 is 2.61 bits per heavy atom. The number of amides is 2. The third kappa shape index (κ3) is 6.14. The monoisotopic (exact) mass is 453 g/mol. The van der Waals surface area contributed by atoms with E-state index in [0.29, 0.717) is 46.6 Å². The number of rotatable bonds is 7. The Hall–Kier alpha value is -3.20. The Bertz CT molecular complexity index is 1110. The lowest BCUT2D eigenvalue weighted by Crippen LogP contribution is -2.36. The number of benzene rings is 3. The molecule has 0 aliphatic rings. The van der Waals surface area contributed by atoms with E-state index in [2.05, 4.69) is 11.4 Å². The van der Waals surface area contributed by atoms with Gasteiger partial charge < -0.3 is 15.0 Å². The topological polar surface area (TPSA) is 65.4 Å². The maximum atomic E-state index is 13.1. The Balaban J connectivity index is 1.81. The molecule has 3 aromatic rings. The molecule has 158 valence electrons. The number of para-hydroxylation sites is 1. The first-order chi connectivity index (χ1) is 15.0. The van der Waals surface area contributed by atoms with Crippen molar-refractivity contribution in [1.82, 2.24) is 4.90 Å². The standard InChI is InChI=1S/C24H21Cl2N3O2/c1-31-23-8-3-2-6-19(23)16-29(12-11-18-9-10-20(25)14-22(18)26)24(30)28-21-7-4-5-17(13-21)15-27/h2-10,13-14H,11-12,16H2,1H3,(H,28,30). The van der Waals surface area contributed by atoms with E-state index in [1.807, 2.05) is 30.3 Å². The molecule has 0 aromatic heterocycles. The van der Waals surface area contributed by atoms with E-state index >= 15 is 0 Å². The number of nitrogens with zero attached hydrogens (tertiary/aromatic N) is 2. The van der Waals surface area contributed by atoms with Gasteiger partial charge in [-0.3, -0.25) is 0 Å². The van der Waals surface area contributed by atoms with E-state index in [4.69, 9.17) is 33.2 Å². The highest BCUT2D eigenvalue weighted by Crippen LogP contribution is 2.23. The fraction of sp³-hybridized carbons (Fsp3) is 0.167. The smallest absolute Gasteiger partial charge is 0.322 e. The van der Waals surface area contributed by atoms with E-state index in [-0.39, 0.29) is 6.03 Å². The van der Waals surface area contributed by atoms with Crippen molar-refractivity contribution < 1.29 is 9.53 Å². The van der Waals surface area contributed by atoms with Crippen LogP contribution in [0.1, 0.15) is 16.7 Å². The number of ether oxygens (including phenoxy) is 1. The highest BCUT2D eigenvalue weighted by atomic mass is 35.5. The minimum absolute atomic E-state index is 0.286. The van der Waals surface area contributed by atoms with E-state index < -0.39 is 0 Å². The van der Waals surface area contributed by atoms with Crippen molar-refractivity contribution in [3.63, 3.8) is 0 Å². The molecule has 0 heterocycles. The van der Waals surface area contributed by atoms with Gasteiger partial charge in [-0.15, -0.1) is 0 Å². The summed E-state index contributed by atoms with van der Waals surface area (Å²) in [6, 6.07) is 21.5. The van der Waals surface area contributed by atoms with Crippen LogP contribution in [-0.4, -0.2) is 24.6 Å². The van der Waals surface area contributed by atoms with Gasteiger partial charge in [0.2, 0.25) is 0 Å². The molecule has 0 saturated heterocycles. The lowest BCUT2D eigenvalue weighted by molar-refractivity contribution is 0.209. The van der Waals surface area contributed by atoms with Gasteiger partial charge in [0.15, 0.2) is 0 Å². The van der Waals surface area contributed by atoms with Gasteiger partial charge in [0.05, 0.1) is 25.3 Å². The fourth-order valence-corrected chi connectivity index (χ4v) is 3.64. The zero-order valence-corrected chi connectivity index (χ0v) is 18.5. The molecule has 3 rings (SSSR count). The van der Waals surface area contributed by atoms with Crippen LogP contribution in [0.5, 0.6) is 5.75 Å². The van der Waals surface area contributed by atoms with Crippen LogP contribution in [-0.2, 0) is 13.0 Å². The third-order valence-corrected chi connectivity index (χ3v) is 5.34. The minimum atomic E-state index is -0.286. The predicted molar refractivity (Wildman–Crippen MR) is 124 cm³/mol. The van der Waals surface area contributed by atoms with Crippen LogP contribution in [0.4, 0.5) is 10.5 Å². The van der Waals surface area contributed by atoms with Crippen molar-refractivity contribution in [1.29, 1.82) is 5.26 Å². The van der Waals surface area contributed by atoms with Gasteiger partial charge in [-0.05, 0) is 48.4 Å². The van der Waals surface area contributed by atoms with Crippen LogP contribution in [0.15, 0.2) is 66.7 Å². The second kappa shape index (κ2) is 10.7. The number of methoxy groups -OCH3 is 1. The molecule has 0 atom stereocenters. The molecule has 31 heavy (non-hydrogen) atoms. The molecule has 0 bridgehead atoms. The Labute approximate surface area is 191 Å². The van der Waals surface area contributed by atoms with Gasteiger partial charge in [-0.25, -0.2) is 4.79 Å². The molecule has 1 N–H and O–H groups in total. The quantitative estimate of drug-likeness (QED) is 0.466. The van der Waals surface area contributed by atoms with Crippen molar-refractivity contribution in [3.8, 4) is 11.8 Å². The number of halogens is 2. The van der Waals surface area contributed by atoms with Gasteiger partial charge >= 0.3 is 6.03 Å². The van der Waals surface area contributed by atoms with Crippen molar-refractivity contribution in [2.24, 2.45) is 0 Å². The molecule has 0 fully saturated rings. The second-order valence-electron chi connectivity index (χ2n) is 6.84. The lowest BCUT2D eigenvalue weighted by atomic mass is 10.1. The van der Waals surface area contributed by atoms with E-state index in [0.717, 1.165) is 11.1 Å². The van der Waals surface area contributed by atoms with Crippen molar-refractivity contribution >= 4 is 34.9 Å². The molecule has 0 unspecified atom stereocenters. The zero-order chi connectivity index (χ0) is 22.2. The predicted octanol–water partition coefficient (Wildman–Crippen LogP) is 6.15. The van der Waals surface area contributed by atoms with Crippen molar-refractivity contribution in [2.75, 3.05) is 19.0 Å². The minimum Gasteiger partial charge on any atom is -0.496 e. The molecule has 3 aromatic carbocycles. The van der Waals surface area contributed by atoms with Crippen molar-refractivity contribution in [2.45, 2.75) is 13.0 Å². The van der Waals surface area contributed by atoms with Crippen LogP contribution in [0.25, 0.3) is 0 Å². The Morgan fingerprint density at radius 2 is 1.87 bits per heavy atom. The fourth-order valence-electron chi connectivity index (χ4n) is 3.14. The van der Waals surface area contributed by atoms with Gasteiger partial charge in [-0.2, -0.15) is 5.26 Å². The highest BCUT2D eigenvalue weighted by molar-refractivity contribution is 6.35. The summed E-state index contributed by atoms with van der Waals surface area (Å²) < 4.78 is 5.44. The van der Waals surface area contributed by atoms with Crippen LogP contribution in [0, 0.1) is 11.3 Å². The summed E-state index contributed by atoms with van der Waals surface area (Å²) in [6.07, 6.45) is 0.552. The molecule has 0 aliphatic carbocycles. The first kappa shape index (κ1) is 22.5. The number of anilines is 1. The van der Waals surface area contributed by atoms with E-state index in [9.17, 15) is 4.79 Å². The van der Waals surface area contributed by atoms with E-state index in [1.54, 1.807) is 48.4 Å². The second-order valence-corrected chi connectivity index (χ2v) is 7.69. The number of nitriles is 1. The van der Waals surface area contributed by atoms with Gasteiger partial charge in [-0.1, -0.05) is 53.5 Å². The van der Waals surface area contributed by atoms with Crippen LogP contribution in [0.3, 0.4) is 0 Å². The number of urea groups is 1. The SMILES string of the molecule is COc1ccccc1CN(CCc1ccc(Cl)cc1Cl)C(=O)Nc1cccc(C#N)c1. The molecule has 0 aliphatic heterocycles. The van der Waals surface area contributed by atoms with E-state index in [1.165, 1.54) is 0 Å². The summed E-state index contributed by atoms with van der Waals surface area (Å²) in [4.78, 5) is 14.8. The summed E-state index contributed by atoms with van der Waals surface area (Å²) >= 11 is 12.3. The molecular formula is C24H21Cl2N3O2. The molecular weight excluding hydrogens is 433 g/mol. The zero-order valence-electron chi connectivity index (χ0n) is 16.9. The third-order valence-electron chi connectivity index (χ3n) is 4.75. The van der Waals surface area contributed by atoms with Crippen molar-refractivity contribution in [3.05, 3.63) is 93.5 Å². The normalized spacial score (nSPS) is 10.3. The van der Waals surface area contributed by atoms with Gasteiger partial charge in [0.1, 0.15) is 5.75 Å². The molecule has 2 amide bonds. The number of hydrogen-bond acceptors (Lipinski definition) is 3. The van der Waals surface area contributed by atoms with Gasteiger partial charge in [0.25, 0.3) is 0 Å². The average Bonchev–Trinajstić information content (AvgIpc) is 2.78. The molecule has 7 heteroatoms. The summed E-state index contributed by atoms with van der Waals surface area (Å²) in [5.41, 5.74) is 2.81. The molecule has 5 nitrogen and oxygen atoms in total. The largest absolute Gasteiger partial charge is 0.496 e. The van der Waals surface area contributed by atoms with Gasteiger partial charge in [0, 0.05) is 27.8 Å². The summed E-state index contributed by atoms with van der Waals surface area (Å²) in [7, 11) is 1.60. The first-order valence-electron chi connectivity index (χ1n) is 9.62.